The third-order valence-electron chi connectivity index (χ3n) is 4.76. The van der Waals surface area contributed by atoms with Crippen LogP contribution in [0.5, 0.6) is 0 Å². The highest BCUT2D eigenvalue weighted by Gasteiger charge is 2.26. The van der Waals surface area contributed by atoms with Gasteiger partial charge in [-0.15, -0.1) is 0 Å². The van der Waals surface area contributed by atoms with E-state index in [2.05, 4.69) is 41.4 Å². The molecule has 1 atom stereocenters. The first-order chi connectivity index (χ1) is 12.1. The number of benzene rings is 1. The number of hydrogen-bond donors (Lipinski definition) is 0. The van der Waals surface area contributed by atoms with Gasteiger partial charge in [0, 0.05) is 44.6 Å². The van der Waals surface area contributed by atoms with Gasteiger partial charge >= 0.3 is 0 Å². The molecular formula is C19H24ClN3O2. The standard InChI is InChI=1S/C19H24ClN3O2/c1-22(13-15-6-3-2-4-7-15)16-8-5-11-23(14-16)19(24)10-9-17-12-18(20)21-25-17/h2-4,6-7,12,16H,5,8-11,13-14H2,1H3/t16-/m0/s1. The predicted molar refractivity (Wildman–Crippen MR) is 97.3 cm³/mol. The Morgan fingerprint density at radius 2 is 2.20 bits per heavy atom. The van der Waals surface area contributed by atoms with Crippen molar-refractivity contribution in [2.45, 2.75) is 38.3 Å². The van der Waals surface area contributed by atoms with Gasteiger partial charge in [-0.1, -0.05) is 47.1 Å². The summed E-state index contributed by atoms with van der Waals surface area (Å²) in [5.41, 5.74) is 1.30. The van der Waals surface area contributed by atoms with Gasteiger partial charge in [-0.25, -0.2) is 0 Å². The fourth-order valence-electron chi connectivity index (χ4n) is 3.34. The first-order valence-corrected chi connectivity index (χ1v) is 9.12. The molecule has 1 amide bonds. The maximum atomic E-state index is 12.5. The number of likely N-dealkylation sites (N-methyl/N-ethyl adjacent to an activating group) is 1. The smallest absolute Gasteiger partial charge is 0.223 e. The second-order valence-electron chi connectivity index (χ2n) is 6.65. The molecule has 3 rings (SSSR count). The molecule has 1 aromatic carbocycles. The zero-order valence-electron chi connectivity index (χ0n) is 14.5. The normalized spacial score (nSPS) is 17.9. The molecule has 2 aromatic rings. The van der Waals surface area contributed by atoms with Crippen LogP contribution in [-0.4, -0.2) is 47.0 Å². The highest BCUT2D eigenvalue weighted by molar-refractivity contribution is 6.29. The van der Waals surface area contributed by atoms with Gasteiger partial charge in [-0.05, 0) is 25.5 Å². The third-order valence-corrected chi connectivity index (χ3v) is 4.94. The summed E-state index contributed by atoms with van der Waals surface area (Å²) in [6.45, 7) is 2.54. The lowest BCUT2D eigenvalue weighted by Crippen LogP contribution is -2.48. The van der Waals surface area contributed by atoms with Crippen molar-refractivity contribution in [3.8, 4) is 0 Å². The number of carbonyl (C=O) groups is 1. The Bertz CT molecular complexity index is 689. The van der Waals surface area contributed by atoms with E-state index in [-0.39, 0.29) is 5.91 Å². The molecule has 1 aromatic heterocycles. The monoisotopic (exact) mass is 361 g/mol. The topological polar surface area (TPSA) is 49.6 Å². The van der Waals surface area contributed by atoms with E-state index in [0.29, 0.717) is 29.8 Å². The second-order valence-corrected chi connectivity index (χ2v) is 7.04. The molecule has 2 heterocycles. The zero-order chi connectivity index (χ0) is 17.6. The highest BCUT2D eigenvalue weighted by atomic mass is 35.5. The van der Waals surface area contributed by atoms with E-state index in [0.717, 1.165) is 32.5 Å². The van der Waals surface area contributed by atoms with Gasteiger partial charge in [0.05, 0.1) is 0 Å². The van der Waals surface area contributed by atoms with Gasteiger partial charge in [0.2, 0.25) is 5.91 Å². The van der Waals surface area contributed by atoms with Crippen LogP contribution in [0.4, 0.5) is 0 Å². The second kappa shape index (κ2) is 8.50. The third kappa shape index (κ3) is 5.06. The van der Waals surface area contributed by atoms with Gasteiger partial charge in [0.25, 0.3) is 0 Å². The summed E-state index contributed by atoms with van der Waals surface area (Å²) in [5.74, 6) is 0.832. The number of likely N-dealkylation sites (tertiary alicyclic amines) is 1. The van der Waals surface area contributed by atoms with Gasteiger partial charge in [0.15, 0.2) is 5.15 Å². The van der Waals surface area contributed by atoms with E-state index in [1.807, 2.05) is 11.0 Å². The molecule has 6 heteroatoms. The average Bonchev–Trinajstić information content (AvgIpc) is 3.06. The van der Waals surface area contributed by atoms with Crippen molar-refractivity contribution in [2.75, 3.05) is 20.1 Å². The number of aryl methyl sites for hydroxylation is 1. The van der Waals surface area contributed by atoms with Gasteiger partial charge in [-0.2, -0.15) is 0 Å². The highest BCUT2D eigenvalue weighted by Crippen LogP contribution is 2.18. The molecule has 25 heavy (non-hydrogen) atoms. The van der Waals surface area contributed by atoms with E-state index in [1.54, 1.807) is 6.07 Å². The minimum absolute atomic E-state index is 0.172. The predicted octanol–water partition coefficient (Wildman–Crippen LogP) is 3.38. The molecule has 0 saturated carbocycles. The Kier molecular flexibility index (Phi) is 6.10. The first-order valence-electron chi connectivity index (χ1n) is 8.75. The van der Waals surface area contributed by atoms with Crippen LogP contribution in [0, 0.1) is 0 Å². The quantitative estimate of drug-likeness (QED) is 0.791. The van der Waals surface area contributed by atoms with Crippen molar-refractivity contribution in [1.82, 2.24) is 15.0 Å². The van der Waals surface area contributed by atoms with E-state index in [1.165, 1.54) is 5.56 Å². The molecule has 0 aliphatic carbocycles. The fraction of sp³-hybridized carbons (Fsp3) is 0.474. The van der Waals surface area contributed by atoms with Crippen LogP contribution in [0.15, 0.2) is 40.9 Å². The fourth-order valence-corrected chi connectivity index (χ4v) is 3.49. The molecule has 1 aliphatic rings. The van der Waals surface area contributed by atoms with Crippen LogP contribution in [0.3, 0.4) is 0 Å². The average molecular weight is 362 g/mol. The van der Waals surface area contributed by atoms with Crippen molar-refractivity contribution < 1.29 is 9.32 Å². The minimum atomic E-state index is 0.172. The molecule has 134 valence electrons. The van der Waals surface area contributed by atoms with Crippen LogP contribution in [0.25, 0.3) is 0 Å². The molecule has 0 unspecified atom stereocenters. The molecule has 1 fully saturated rings. The summed E-state index contributed by atoms with van der Waals surface area (Å²) in [7, 11) is 2.14. The Hall–Kier alpha value is -1.85. The Balaban J connectivity index is 1.50. The van der Waals surface area contributed by atoms with Crippen LogP contribution >= 0.6 is 11.6 Å². The molecule has 0 bridgehead atoms. The summed E-state index contributed by atoms with van der Waals surface area (Å²) in [5, 5.41) is 3.98. The summed E-state index contributed by atoms with van der Waals surface area (Å²) < 4.78 is 5.07. The minimum Gasteiger partial charge on any atom is -0.360 e. The summed E-state index contributed by atoms with van der Waals surface area (Å²) in [6.07, 6.45) is 3.15. The van der Waals surface area contributed by atoms with Gasteiger partial charge < -0.3 is 9.42 Å². The van der Waals surface area contributed by atoms with E-state index in [9.17, 15) is 4.79 Å². The van der Waals surface area contributed by atoms with Gasteiger partial charge in [0.1, 0.15) is 5.76 Å². The van der Waals surface area contributed by atoms with E-state index >= 15 is 0 Å². The molecule has 5 nitrogen and oxygen atoms in total. The van der Waals surface area contributed by atoms with Crippen LogP contribution in [-0.2, 0) is 17.8 Å². The van der Waals surface area contributed by atoms with E-state index < -0.39 is 0 Å². The molecule has 0 spiro atoms. The van der Waals surface area contributed by atoms with Crippen molar-refractivity contribution in [3.05, 3.63) is 52.9 Å². The van der Waals surface area contributed by atoms with Crippen molar-refractivity contribution >= 4 is 17.5 Å². The van der Waals surface area contributed by atoms with E-state index in [4.69, 9.17) is 16.1 Å². The number of halogens is 1. The number of hydrogen-bond acceptors (Lipinski definition) is 4. The number of rotatable bonds is 6. The van der Waals surface area contributed by atoms with Crippen LogP contribution < -0.4 is 0 Å². The SMILES string of the molecule is CN(Cc1ccccc1)[C@H]1CCCN(C(=O)CCc2cc(Cl)no2)C1. The Morgan fingerprint density at radius 1 is 1.40 bits per heavy atom. The van der Waals surface area contributed by atoms with Gasteiger partial charge in [-0.3, -0.25) is 9.69 Å². The zero-order valence-corrected chi connectivity index (χ0v) is 15.3. The summed E-state index contributed by atoms with van der Waals surface area (Å²) in [6, 6.07) is 12.5. The number of carbonyl (C=O) groups excluding carboxylic acids is 1. The lowest BCUT2D eigenvalue weighted by molar-refractivity contribution is -0.133. The summed E-state index contributed by atoms with van der Waals surface area (Å²) >= 11 is 5.74. The van der Waals surface area contributed by atoms with Crippen LogP contribution in [0.2, 0.25) is 5.15 Å². The number of amides is 1. The molecular weight excluding hydrogens is 338 g/mol. The number of aromatic nitrogens is 1. The largest absolute Gasteiger partial charge is 0.360 e. The Morgan fingerprint density at radius 3 is 2.92 bits per heavy atom. The maximum Gasteiger partial charge on any atom is 0.223 e. The van der Waals surface area contributed by atoms with Crippen molar-refractivity contribution in [2.24, 2.45) is 0 Å². The molecule has 1 aliphatic heterocycles. The first kappa shape index (κ1) is 18.0. The lowest BCUT2D eigenvalue weighted by Gasteiger charge is -2.37. The molecule has 0 N–H and O–H groups in total. The van der Waals surface area contributed by atoms with Crippen molar-refractivity contribution in [3.63, 3.8) is 0 Å². The van der Waals surface area contributed by atoms with Crippen molar-refractivity contribution in [1.29, 1.82) is 0 Å². The lowest BCUT2D eigenvalue weighted by atomic mass is 10.0. The molecule has 1 saturated heterocycles. The maximum absolute atomic E-state index is 12.5. The summed E-state index contributed by atoms with van der Waals surface area (Å²) in [4.78, 5) is 16.8. The molecule has 0 radical (unpaired) electrons. The number of piperidine rings is 1. The number of nitrogens with zero attached hydrogens (tertiary/aromatic N) is 3. The van der Waals surface area contributed by atoms with Crippen LogP contribution in [0.1, 0.15) is 30.6 Å². The Labute approximate surface area is 153 Å².